The molecule has 0 aromatic heterocycles. The van der Waals surface area contributed by atoms with Gasteiger partial charge in [-0.2, -0.15) is 0 Å². The fourth-order valence-electron chi connectivity index (χ4n) is 2.97. The zero-order valence-electron chi connectivity index (χ0n) is 20.2. The molecule has 0 rings (SSSR count). The number of amides is 4. The van der Waals surface area contributed by atoms with Crippen molar-refractivity contribution in [3.8, 4) is 0 Å². The number of rotatable bonds is 19. The van der Waals surface area contributed by atoms with Gasteiger partial charge in [-0.05, 0) is 38.6 Å². The summed E-state index contributed by atoms with van der Waals surface area (Å²) in [5.74, 6) is -4.79. The topological polar surface area (TPSA) is 304 Å². The van der Waals surface area contributed by atoms with Gasteiger partial charge < -0.3 is 54.8 Å². The highest BCUT2D eigenvalue weighted by Gasteiger charge is 2.30. The van der Waals surface area contributed by atoms with Crippen molar-refractivity contribution in [2.45, 2.75) is 69.1 Å². The molecule has 36 heavy (non-hydrogen) atoms. The number of carboxylic acids is 1. The standard InChI is InChI=1S/C20H39N9O7/c21-8-2-1-4-11(22)16(32)29-14(10-30)18(34)27-12(6-7-15(23)31)17(33)28-13(19(35)36)5-3-9-26-20(24)25/h11-14,30H,1-10,21-22H2,(H2,23,31)(H,27,34)(H,28,33)(H,29,32)(H,35,36)(H4,24,25,26). The number of nitrogens with two attached hydrogens (primary N) is 5. The maximum Gasteiger partial charge on any atom is 0.326 e. The van der Waals surface area contributed by atoms with Crippen molar-refractivity contribution >= 4 is 35.6 Å². The Morgan fingerprint density at radius 1 is 0.778 bits per heavy atom. The number of aliphatic hydroxyl groups is 1. The number of aliphatic hydroxyl groups excluding tert-OH is 1. The molecule has 0 bridgehead atoms. The Morgan fingerprint density at radius 3 is 1.89 bits per heavy atom. The molecule has 0 spiro atoms. The van der Waals surface area contributed by atoms with Gasteiger partial charge in [-0.15, -0.1) is 0 Å². The Hall–Kier alpha value is -3.50. The SMILES string of the molecule is NCCCCC(N)C(=O)NC(CO)C(=O)NC(CCC(N)=O)C(=O)NC(CCCN=C(N)N)C(=O)O. The number of primary amides is 1. The van der Waals surface area contributed by atoms with Crippen LogP contribution in [0, 0.1) is 0 Å². The summed E-state index contributed by atoms with van der Waals surface area (Å²) in [5, 5.41) is 25.9. The summed E-state index contributed by atoms with van der Waals surface area (Å²) < 4.78 is 0. The Balaban J connectivity index is 5.26. The molecule has 0 saturated heterocycles. The van der Waals surface area contributed by atoms with E-state index in [0.717, 1.165) is 0 Å². The first kappa shape index (κ1) is 32.5. The third-order valence-corrected chi connectivity index (χ3v) is 4.99. The predicted molar refractivity (Wildman–Crippen MR) is 130 cm³/mol. The Bertz CT molecular complexity index is 775. The first-order valence-corrected chi connectivity index (χ1v) is 11.5. The second-order valence-electron chi connectivity index (χ2n) is 8.05. The smallest absolute Gasteiger partial charge is 0.326 e. The molecule has 16 nitrogen and oxygen atoms in total. The molecule has 0 radical (unpaired) electrons. The van der Waals surface area contributed by atoms with E-state index in [9.17, 15) is 34.2 Å². The quantitative estimate of drug-likeness (QED) is 0.0440. The van der Waals surface area contributed by atoms with Crippen molar-refractivity contribution in [1.29, 1.82) is 0 Å². The fraction of sp³-hybridized carbons (Fsp3) is 0.700. The summed E-state index contributed by atoms with van der Waals surface area (Å²) in [6.07, 6.45) is 1.22. The summed E-state index contributed by atoms with van der Waals surface area (Å²) in [6.45, 7) is -0.236. The van der Waals surface area contributed by atoms with Gasteiger partial charge in [-0.3, -0.25) is 24.2 Å². The van der Waals surface area contributed by atoms with Crippen LogP contribution in [0.1, 0.15) is 44.9 Å². The first-order chi connectivity index (χ1) is 16.9. The number of nitrogens with zero attached hydrogens (tertiary/aromatic N) is 1. The normalized spacial score (nSPS) is 14.0. The van der Waals surface area contributed by atoms with Crippen molar-refractivity contribution < 1.29 is 34.2 Å². The van der Waals surface area contributed by atoms with Gasteiger partial charge in [0.1, 0.15) is 18.1 Å². The van der Waals surface area contributed by atoms with Gasteiger partial charge in [-0.25, -0.2) is 4.79 Å². The van der Waals surface area contributed by atoms with Crippen LogP contribution in [-0.2, 0) is 24.0 Å². The van der Waals surface area contributed by atoms with E-state index in [1.807, 2.05) is 0 Å². The van der Waals surface area contributed by atoms with E-state index < -0.39 is 60.4 Å². The van der Waals surface area contributed by atoms with Crippen molar-refractivity contribution in [2.24, 2.45) is 33.7 Å². The molecular formula is C20H39N9O7. The van der Waals surface area contributed by atoms with Gasteiger partial charge in [0.2, 0.25) is 23.6 Å². The van der Waals surface area contributed by atoms with Gasteiger partial charge in [0.05, 0.1) is 12.6 Å². The monoisotopic (exact) mass is 517 g/mol. The number of guanidine groups is 1. The predicted octanol–water partition coefficient (Wildman–Crippen LogP) is -4.71. The van der Waals surface area contributed by atoms with E-state index in [1.54, 1.807) is 0 Å². The van der Waals surface area contributed by atoms with Crippen LogP contribution < -0.4 is 44.6 Å². The summed E-state index contributed by atoms with van der Waals surface area (Å²) in [4.78, 5) is 64.1. The average molecular weight is 518 g/mol. The fourth-order valence-corrected chi connectivity index (χ4v) is 2.97. The first-order valence-electron chi connectivity index (χ1n) is 11.5. The van der Waals surface area contributed by atoms with Crippen LogP contribution in [-0.4, -0.2) is 89.6 Å². The van der Waals surface area contributed by atoms with Gasteiger partial charge >= 0.3 is 5.97 Å². The average Bonchev–Trinajstić information content (AvgIpc) is 2.81. The van der Waals surface area contributed by atoms with E-state index in [-0.39, 0.29) is 38.2 Å². The van der Waals surface area contributed by atoms with E-state index >= 15 is 0 Å². The maximum atomic E-state index is 12.7. The second kappa shape index (κ2) is 17.9. The molecular weight excluding hydrogens is 478 g/mol. The third kappa shape index (κ3) is 14.0. The van der Waals surface area contributed by atoms with E-state index in [2.05, 4.69) is 20.9 Å². The molecule has 206 valence electrons. The Morgan fingerprint density at radius 2 is 1.36 bits per heavy atom. The van der Waals surface area contributed by atoms with Gasteiger partial charge in [0.15, 0.2) is 5.96 Å². The van der Waals surface area contributed by atoms with E-state index in [0.29, 0.717) is 25.8 Å². The highest BCUT2D eigenvalue weighted by atomic mass is 16.4. The summed E-state index contributed by atoms with van der Waals surface area (Å²) >= 11 is 0. The molecule has 0 saturated carbocycles. The minimum atomic E-state index is -1.45. The van der Waals surface area contributed by atoms with Crippen LogP contribution in [0.4, 0.5) is 0 Å². The lowest BCUT2D eigenvalue weighted by molar-refractivity contribution is -0.142. The highest BCUT2D eigenvalue weighted by Crippen LogP contribution is 2.04. The molecule has 4 unspecified atom stereocenters. The number of aliphatic imine (C=N–C) groups is 1. The van der Waals surface area contributed by atoms with E-state index in [1.165, 1.54) is 0 Å². The molecule has 15 N–H and O–H groups in total. The summed E-state index contributed by atoms with van der Waals surface area (Å²) in [6, 6.07) is -5.10. The van der Waals surface area contributed by atoms with Crippen molar-refractivity contribution in [3.63, 3.8) is 0 Å². The van der Waals surface area contributed by atoms with E-state index in [4.69, 9.17) is 28.7 Å². The molecule has 0 aromatic rings. The number of nitrogens with one attached hydrogen (secondary N) is 3. The van der Waals surface area contributed by atoms with Crippen molar-refractivity contribution in [3.05, 3.63) is 0 Å². The summed E-state index contributed by atoms with van der Waals surface area (Å²) in [5.41, 5.74) is 26.7. The molecule has 0 fully saturated rings. The lowest BCUT2D eigenvalue weighted by atomic mass is 10.1. The zero-order valence-corrected chi connectivity index (χ0v) is 20.2. The van der Waals surface area contributed by atoms with Gasteiger partial charge in [-0.1, -0.05) is 6.42 Å². The molecule has 0 aliphatic rings. The molecule has 16 heteroatoms. The molecule has 0 aromatic carbocycles. The number of aliphatic carboxylic acids is 1. The second-order valence-corrected chi connectivity index (χ2v) is 8.05. The number of carbonyl (C=O) groups is 5. The van der Waals surface area contributed by atoms with Crippen LogP contribution in [0.15, 0.2) is 4.99 Å². The van der Waals surface area contributed by atoms with Crippen LogP contribution in [0.2, 0.25) is 0 Å². The zero-order chi connectivity index (χ0) is 27.7. The number of carbonyl (C=O) groups excluding carboxylic acids is 4. The minimum absolute atomic E-state index is 0.0221. The van der Waals surface area contributed by atoms with Crippen molar-refractivity contribution in [1.82, 2.24) is 16.0 Å². The number of hydrogen-bond acceptors (Lipinski definition) is 9. The molecule has 0 aliphatic carbocycles. The summed E-state index contributed by atoms with van der Waals surface area (Å²) in [7, 11) is 0. The Labute approximate surface area is 208 Å². The van der Waals surface area contributed by atoms with Gasteiger partial charge in [0.25, 0.3) is 0 Å². The van der Waals surface area contributed by atoms with Crippen LogP contribution in [0.5, 0.6) is 0 Å². The molecule has 0 heterocycles. The molecule has 4 amide bonds. The number of carboxylic acid groups (broad SMARTS) is 1. The Kier molecular flexibility index (Phi) is 16.1. The minimum Gasteiger partial charge on any atom is -0.480 e. The lowest BCUT2D eigenvalue weighted by Gasteiger charge is -2.24. The van der Waals surface area contributed by atoms with Crippen LogP contribution in [0.3, 0.4) is 0 Å². The van der Waals surface area contributed by atoms with Gasteiger partial charge in [0, 0.05) is 13.0 Å². The molecule has 4 atom stereocenters. The third-order valence-electron chi connectivity index (χ3n) is 4.99. The lowest BCUT2D eigenvalue weighted by Crippen LogP contribution is -2.58. The molecule has 0 aliphatic heterocycles. The van der Waals surface area contributed by atoms with Crippen LogP contribution >= 0.6 is 0 Å². The van der Waals surface area contributed by atoms with Crippen molar-refractivity contribution in [2.75, 3.05) is 19.7 Å². The highest BCUT2D eigenvalue weighted by molar-refractivity contribution is 5.94. The largest absolute Gasteiger partial charge is 0.480 e. The maximum absolute atomic E-state index is 12.7. The number of hydrogen-bond donors (Lipinski definition) is 10. The number of unbranched alkanes of at least 4 members (excludes halogenated alkanes) is 1. The van der Waals surface area contributed by atoms with Crippen LogP contribution in [0.25, 0.3) is 0 Å².